The molecule has 11 heteroatoms. The van der Waals surface area contributed by atoms with Crippen LogP contribution in [-0.4, -0.2) is 38.7 Å². The van der Waals surface area contributed by atoms with Crippen molar-refractivity contribution in [1.82, 2.24) is 0 Å². The molecule has 0 amide bonds. The first kappa shape index (κ1) is 18.9. The van der Waals surface area contributed by atoms with Gasteiger partial charge in [0.25, 0.3) is 0 Å². The van der Waals surface area contributed by atoms with Gasteiger partial charge in [0.05, 0.1) is 0 Å². The van der Waals surface area contributed by atoms with Gasteiger partial charge in [-0.25, -0.2) is 0 Å². The van der Waals surface area contributed by atoms with Gasteiger partial charge < -0.3 is 0 Å². The van der Waals surface area contributed by atoms with Gasteiger partial charge in [-0.15, -0.1) is 0 Å². The fourth-order valence-corrected chi connectivity index (χ4v) is 5.08. The Balaban J connectivity index is -0.000000320. The monoisotopic (exact) mass is 558 g/mol. The summed E-state index contributed by atoms with van der Waals surface area (Å²) in [5, 5.41) is 0. The Kier molecular flexibility index (Phi) is 11.4. The fourth-order valence-electron chi connectivity index (χ4n) is 0.109. The molecule has 0 aliphatic rings. The zero-order valence-electron chi connectivity index (χ0n) is 5.17. The minimum absolute atomic E-state index is 0. The van der Waals surface area contributed by atoms with Crippen molar-refractivity contribution in [2.45, 2.75) is 0 Å². The quantitative estimate of drug-likeness (QED) is 0.311. The average Bonchev–Trinajstić information content (AvgIpc) is 1.14. The third kappa shape index (κ3) is 18.9. The SMILES string of the molecule is O=S(=O)(O)[Se]S(=O)(=O)O.[Cd].[Hg]. The van der Waals surface area contributed by atoms with Crippen LogP contribution in [0.2, 0.25) is 0 Å². The third-order valence-corrected chi connectivity index (χ3v) is 8.04. The average molecular weight is 554 g/mol. The molecule has 0 saturated carbocycles. The van der Waals surface area contributed by atoms with E-state index in [4.69, 9.17) is 9.11 Å². The standard InChI is InChI=1S/Cd.Hg.H2O6S2Se/c;;1-7(2,3)9-8(4,5)6/h;;(H,1,2,3)(H,4,5,6). The minimum atomic E-state index is -4.56. The molecule has 11 heavy (non-hydrogen) atoms. The molecule has 60 valence electrons. The van der Waals surface area contributed by atoms with Gasteiger partial charge in [0, 0.05) is 55.0 Å². The van der Waals surface area contributed by atoms with Gasteiger partial charge in [0.2, 0.25) is 0 Å². The summed E-state index contributed by atoms with van der Waals surface area (Å²) < 4.78 is 54.4. The normalized spacial score (nSPS) is 11.1. The van der Waals surface area contributed by atoms with Gasteiger partial charge in [0.15, 0.2) is 0 Å². The first-order valence-corrected chi connectivity index (χ1v) is 8.29. The third-order valence-electron chi connectivity index (χ3n) is 0.172. The Hall–Kier alpha value is 2.20. The molecule has 0 spiro atoms. The van der Waals surface area contributed by atoms with Crippen molar-refractivity contribution in [3.63, 3.8) is 0 Å². The summed E-state index contributed by atoms with van der Waals surface area (Å²) in [6.07, 6.45) is 0. The summed E-state index contributed by atoms with van der Waals surface area (Å²) in [5.74, 6) is 0. The van der Waals surface area contributed by atoms with Gasteiger partial charge in [0.1, 0.15) is 0 Å². The molecule has 0 bridgehead atoms. The Morgan fingerprint density at radius 2 is 1.09 bits per heavy atom. The second-order valence-electron chi connectivity index (χ2n) is 0.924. The summed E-state index contributed by atoms with van der Waals surface area (Å²) in [6, 6.07) is 0. The van der Waals surface area contributed by atoms with Crippen LogP contribution in [0.5, 0.6) is 0 Å². The molecule has 0 aromatic rings. The number of hydrogen-bond donors (Lipinski definition) is 2. The molecular weight excluding hydrogens is 552 g/mol. The summed E-state index contributed by atoms with van der Waals surface area (Å²) in [5.41, 5.74) is 0. The first-order valence-electron chi connectivity index (χ1n) is 1.37. The van der Waals surface area contributed by atoms with Crippen molar-refractivity contribution in [3.05, 3.63) is 0 Å². The topological polar surface area (TPSA) is 109 Å². The molecule has 0 aromatic carbocycles. The smallest absolute Gasteiger partial charge is 0 e. The molecule has 0 atom stereocenters. The molecule has 6 nitrogen and oxygen atoms in total. The predicted octanol–water partition coefficient (Wildman–Crippen LogP) is -1.71. The zero-order valence-corrected chi connectivity index (χ0v) is 18.0. The second kappa shape index (κ2) is 6.62. The van der Waals surface area contributed by atoms with Crippen LogP contribution in [0.4, 0.5) is 0 Å². The van der Waals surface area contributed by atoms with Gasteiger partial charge in [-0.05, 0) is 0 Å². The maximum absolute atomic E-state index is 9.69. The molecule has 0 heterocycles. The molecule has 0 unspecified atom stereocenters. The summed E-state index contributed by atoms with van der Waals surface area (Å²) in [4.78, 5) is 0. The Morgan fingerprint density at radius 1 is 0.909 bits per heavy atom. The molecule has 0 rings (SSSR count). The Labute approximate surface area is 109 Å². The van der Waals surface area contributed by atoms with E-state index in [1.165, 1.54) is 0 Å². The van der Waals surface area contributed by atoms with Crippen molar-refractivity contribution in [3.8, 4) is 0 Å². The van der Waals surface area contributed by atoms with Gasteiger partial charge in [-0.2, -0.15) is 0 Å². The van der Waals surface area contributed by atoms with Gasteiger partial charge >= 0.3 is 55.7 Å². The van der Waals surface area contributed by atoms with Crippen LogP contribution in [0.15, 0.2) is 0 Å². The van der Waals surface area contributed by atoms with E-state index in [0.717, 1.165) is 0 Å². The van der Waals surface area contributed by atoms with Crippen LogP contribution >= 0.6 is 0 Å². The van der Waals surface area contributed by atoms with Crippen molar-refractivity contribution in [2.75, 3.05) is 0 Å². The molecule has 0 aromatic heterocycles. The number of hydrogen-bond acceptors (Lipinski definition) is 4. The van der Waals surface area contributed by atoms with Crippen LogP contribution in [0, 0.1) is 0 Å². The first-order chi connectivity index (χ1) is 3.71. The Bertz CT molecular complexity index is 246. The van der Waals surface area contributed by atoms with Gasteiger partial charge in [-0.3, -0.25) is 0 Å². The fraction of sp³-hybridized carbons (Fsp3) is 0. The van der Waals surface area contributed by atoms with E-state index in [-0.39, 0.29) is 55.0 Å². The molecular formula is H2CdHgO6S2Se. The zero-order chi connectivity index (χ0) is 7.71. The van der Waals surface area contributed by atoms with Crippen molar-refractivity contribution < 1.29 is 80.9 Å². The maximum atomic E-state index is 9.69. The van der Waals surface area contributed by atoms with E-state index in [1.54, 1.807) is 0 Å². The van der Waals surface area contributed by atoms with E-state index in [9.17, 15) is 16.8 Å². The minimum Gasteiger partial charge on any atom is 0 e. The van der Waals surface area contributed by atoms with Crippen LogP contribution in [0.1, 0.15) is 0 Å². The van der Waals surface area contributed by atoms with E-state index < -0.39 is 29.8 Å². The molecule has 0 fully saturated rings. The summed E-state index contributed by atoms with van der Waals surface area (Å²) in [7, 11) is -9.11. The number of rotatable bonds is 2. The summed E-state index contributed by atoms with van der Waals surface area (Å²) in [6.45, 7) is 0. The van der Waals surface area contributed by atoms with Crippen LogP contribution < -0.4 is 0 Å². The van der Waals surface area contributed by atoms with Crippen LogP contribution in [-0.2, 0) is 72.0 Å². The summed E-state index contributed by atoms with van der Waals surface area (Å²) >= 11 is -2.19. The largest absolute Gasteiger partial charge is 0 e. The van der Waals surface area contributed by atoms with E-state index in [1.807, 2.05) is 0 Å². The molecule has 0 aliphatic carbocycles. The van der Waals surface area contributed by atoms with E-state index in [0.29, 0.717) is 0 Å². The van der Waals surface area contributed by atoms with Crippen molar-refractivity contribution >= 4 is 29.8 Å². The van der Waals surface area contributed by atoms with Crippen LogP contribution in [0.3, 0.4) is 0 Å². The van der Waals surface area contributed by atoms with E-state index >= 15 is 0 Å². The van der Waals surface area contributed by atoms with Gasteiger partial charge in [-0.1, -0.05) is 0 Å². The van der Waals surface area contributed by atoms with Crippen LogP contribution in [0.25, 0.3) is 0 Å². The molecule has 0 aliphatic heterocycles. The second-order valence-corrected chi connectivity index (χ2v) is 11.1. The van der Waals surface area contributed by atoms with Crippen molar-refractivity contribution in [2.24, 2.45) is 0 Å². The predicted molar refractivity (Wildman–Crippen MR) is 28.9 cm³/mol. The molecule has 0 radical (unpaired) electrons. The molecule has 0 saturated heterocycles. The maximum Gasteiger partial charge on any atom is 0 e. The van der Waals surface area contributed by atoms with E-state index in [2.05, 4.69) is 0 Å². The van der Waals surface area contributed by atoms with Crippen molar-refractivity contribution in [1.29, 1.82) is 0 Å². The molecule has 2 N–H and O–H groups in total. The Morgan fingerprint density at radius 3 is 1.09 bits per heavy atom.